The topological polar surface area (TPSA) is 70.1 Å². The molecule has 0 spiro atoms. The molecular weight excluding hydrogens is 272 g/mol. The molecule has 0 saturated carbocycles. The third-order valence-electron chi connectivity index (χ3n) is 4.77. The van der Waals surface area contributed by atoms with Crippen molar-refractivity contribution in [2.24, 2.45) is 5.92 Å². The first-order valence-corrected chi connectivity index (χ1v) is 7.78. The van der Waals surface area contributed by atoms with Crippen LogP contribution in [0.25, 0.3) is 0 Å². The van der Waals surface area contributed by atoms with Gasteiger partial charge in [-0.15, -0.1) is 0 Å². The number of aliphatic carboxylic acids is 1. The van der Waals surface area contributed by atoms with E-state index < -0.39 is 11.5 Å². The van der Waals surface area contributed by atoms with Crippen molar-refractivity contribution in [3.05, 3.63) is 0 Å². The number of carbonyl (C=O) groups excluding carboxylic acids is 1. The van der Waals surface area contributed by atoms with Crippen molar-refractivity contribution in [3.8, 4) is 0 Å². The zero-order chi connectivity index (χ0) is 15.5. The molecule has 0 radical (unpaired) electrons. The molecule has 2 rings (SSSR count). The maximum absolute atomic E-state index is 12.8. The number of piperidine rings is 2. The number of likely N-dealkylation sites (tertiary alicyclic amines) is 2. The van der Waals surface area contributed by atoms with Crippen LogP contribution in [0.3, 0.4) is 0 Å². The van der Waals surface area contributed by atoms with Gasteiger partial charge in [0.2, 0.25) is 0 Å². The molecule has 6 nitrogen and oxygen atoms in total. The van der Waals surface area contributed by atoms with Gasteiger partial charge in [-0.25, -0.2) is 9.59 Å². The van der Waals surface area contributed by atoms with Gasteiger partial charge in [0.15, 0.2) is 0 Å². The molecule has 1 N–H and O–H groups in total. The van der Waals surface area contributed by atoms with Crippen molar-refractivity contribution >= 4 is 12.0 Å². The number of hydrogen-bond acceptors (Lipinski definition) is 3. The summed E-state index contributed by atoms with van der Waals surface area (Å²) in [6.45, 7) is 4.24. The number of amides is 2. The predicted molar refractivity (Wildman–Crippen MR) is 78.2 cm³/mol. The van der Waals surface area contributed by atoms with Crippen molar-refractivity contribution in [2.75, 3.05) is 33.4 Å². The Morgan fingerprint density at radius 2 is 2.05 bits per heavy atom. The van der Waals surface area contributed by atoms with E-state index in [9.17, 15) is 14.7 Å². The number of methoxy groups -OCH3 is 1. The van der Waals surface area contributed by atoms with Crippen LogP contribution < -0.4 is 0 Å². The number of hydrogen-bond donors (Lipinski definition) is 1. The highest BCUT2D eigenvalue weighted by molar-refractivity contribution is 5.86. The first-order chi connectivity index (χ1) is 9.99. The Morgan fingerprint density at radius 3 is 2.71 bits per heavy atom. The van der Waals surface area contributed by atoms with Crippen LogP contribution in [0.15, 0.2) is 0 Å². The van der Waals surface area contributed by atoms with Gasteiger partial charge in [-0.1, -0.05) is 0 Å². The fourth-order valence-corrected chi connectivity index (χ4v) is 3.43. The largest absolute Gasteiger partial charge is 0.480 e. The van der Waals surface area contributed by atoms with Crippen LogP contribution in [0.1, 0.15) is 39.0 Å². The molecule has 2 unspecified atom stereocenters. The molecule has 2 aliphatic rings. The Hall–Kier alpha value is -1.30. The minimum Gasteiger partial charge on any atom is -0.480 e. The van der Waals surface area contributed by atoms with Crippen molar-refractivity contribution < 1.29 is 19.4 Å². The summed E-state index contributed by atoms with van der Waals surface area (Å²) >= 11 is 0. The van der Waals surface area contributed by atoms with Gasteiger partial charge in [0, 0.05) is 32.7 Å². The quantitative estimate of drug-likeness (QED) is 0.862. The zero-order valence-electron chi connectivity index (χ0n) is 13.0. The number of rotatable bonds is 3. The molecule has 6 heteroatoms. The van der Waals surface area contributed by atoms with Gasteiger partial charge in [0.1, 0.15) is 5.54 Å². The first kappa shape index (κ1) is 16.1. The second kappa shape index (κ2) is 6.64. The Balaban J connectivity index is 2.08. The molecule has 21 heavy (non-hydrogen) atoms. The fraction of sp³-hybridized carbons (Fsp3) is 0.867. The van der Waals surface area contributed by atoms with Crippen molar-refractivity contribution in [3.63, 3.8) is 0 Å². The van der Waals surface area contributed by atoms with E-state index in [1.54, 1.807) is 23.8 Å². The molecule has 0 aromatic heterocycles. The average Bonchev–Trinajstić information content (AvgIpc) is 2.47. The van der Waals surface area contributed by atoms with Crippen LogP contribution in [0.5, 0.6) is 0 Å². The Kier molecular flexibility index (Phi) is 5.08. The van der Waals surface area contributed by atoms with E-state index in [0.29, 0.717) is 38.6 Å². The van der Waals surface area contributed by atoms with Crippen molar-refractivity contribution in [1.82, 2.24) is 9.80 Å². The molecule has 0 aliphatic carbocycles. The smallest absolute Gasteiger partial charge is 0.329 e. The van der Waals surface area contributed by atoms with E-state index in [0.717, 1.165) is 25.7 Å². The zero-order valence-corrected chi connectivity index (χ0v) is 13.0. The lowest BCUT2D eigenvalue weighted by atomic mass is 9.88. The Bertz CT molecular complexity index is 399. The second-order valence-corrected chi connectivity index (χ2v) is 6.38. The molecule has 2 fully saturated rings. The molecule has 2 atom stereocenters. The fourth-order valence-electron chi connectivity index (χ4n) is 3.43. The summed E-state index contributed by atoms with van der Waals surface area (Å²) in [6, 6.07) is -0.125. The van der Waals surface area contributed by atoms with Gasteiger partial charge in [-0.2, -0.15) is 0 Å². The lowest BCUT2D eigenvalue weighted by Gasteiger charge is -2.45. The molecular formula is C15H26N2O4. The van der Waals surface area contributed by atoms with Gasteiger partial charge in [0.25, 0.3) is 0 Å². The van der Waals surface area contributed by atoms with Crippen LogP contribution in [0.4, 0.5) is 4.79 Å². The van der Waals surface area contributed by atoms with Gasteiger partial charge in [0.05, 0.1) is 6.61 Å². The maximum Gasteiger partial charge on any atom is 0.329 e. The van der Waals surface area contributed by atoms with E-state index in [-0.39, 0.29) is 6.03 Å². The maximum atomic E-state index is 12.8. The van der Waals surface area contributed by atoms with Gasteiger partial charge in [-0.3, -0.25) is 0 Å². The number of nitrogens with zero attached hydrogens (tertiary/aromatic N) is 2. The molecule has 0 aromatic carbocycles. The van der Waals surface area contributed by atoms with Crippen LogP contribution in [0, 0.1) is 5.92 Å². The minimum atomic E-state index is -1.07. The van der Waals surface area contributed by atoms with Crippen LogP contribution >= 0.6 is 0 Å². The summed E-state index contributed by atoms with van der Waals surface area (Å²) in [5.74, 6) is -0.547. The highest BCUT2D eigenvalue weighted by Gasteiger charge is 2.45. The summed E-state index contributed by atoms with van der Waals surface area (Å²) < 4.78 is 5.19. The van der Waals surface area contributed by atoms with Crippen molar-refractivity contribution in [2.45, 2.75) is 44.6 Å². The monoisotopic (exact) mass is 298 g/mol. The Morgan fingerprint density at radius 1 is 1.29 bits per heavy atom. The van der Waals surface area contributed by atoms with Crippen LogP contribution in [-0.4, -0.2) is 65.8 Å². The molecule has 0 aromatic rings. The minimum absolute atomic E-state index is 0.125. The van der Waals surface area contributed by atoms with E-state index in [4.69, 9.17) is 4.74 Å². The molecule has 2 saturated heterocycles. The first-order valence-electron chi connectivity index (χ1n) is 7.78. The predicted octanol–water partition coefficient (Wildman–Crippen LogP) is 1.79. The highest BCUT2D eigenvalue weighted by Crippen LogP contribution is 2.30. The molecule has 0 bridgehead atoms. The normalized spacial score (nSPS) is 30.3. The van der Waals surface area contributed by atoms with E-state index in [1.807, 2.05) is 0 Å². The SMILES string of the molecule is COCC1CCCN(C(=O)N2CCCCC2(C)C(=O)O)C1. The number of carbonyl (C=O) groups is 2. The van der Waals surface area contributed by atoms with E-state index in [2.05, 4.69) is 0 Å². The standard InChI is InChI=1S/C15H26N2O4/c1-15(13(18)19)7-3-4-9-17(15)14(20)16-8-5-6-12(10-16)11-21-2/h12H,3-11H2,1-2H3,(H,18,19). The molecule has 2 amide bonds. The van der Waals surface area contributed by atoms with Crippen molar-refractivity contribution in [1.29, 1.82) is 0 Å². The lowest BCUT2D eigenvalue weighted by molar-refractivity contribution is -0.151. The number of carboxylic acids is 1. The molecule has 120 valence electrons. The summed E-state index contributed by atoms with van der Waals surface area (Å²) in [5.41, 5.74) is -1.07. The average molecular weight is 298 g/mol. The van der Waals surface area contributed by atoms with E-state index >= 15 is 0 Å². The number of ether oxygens (including phenoxy) is 1. The number of urea groups is 1. The summed E-state index contributed by atoms with van der Waals surface area (Å²) in [5, 5.41) is 9.52. The third-order valence-corrected chi connectivity index (χ3v) is 4.77. The summed E-state index contributed by atoms with van der Waals surface area (Å²) in [7, 11) is 1.67. The Labute approximate surface area is 126 Å². The summed E-state index contributed by atoms with van der Waals surface area (Å²) in [6.07, 6.45) is 4.29. The van der Waals surface area contributed by atoms with Crippen LogP contribution in [0.2, 0.25) is 0 Å². The van der Waals surface area contributed by atoms with E-state index in [1.165, 1.54) is 0 Å². The van der Waals surface area contributed by atoms with Crippen LogP contribution in [-0.2, 0) is 9.53 Å². The van der Waals surface area contributed by atoms with Gasteiger partial charge in [-0.05, 0) is 39.0 Å². The van der Waals surface area contributed by atoms with Gasteiger partial charge >= 0.3 is 12.0 Å². The molecule has 2 heterocycles. The van der Waals surface area contributed by atoms with Gasteiger partial charge < -0.3 is 19.6 Å². The third kappa shape index (κ3) is 3.31. The number of carboxylic acid groups (broad SMARTS) is 1. The molecule has 2 aliphatic heterocycles. The summed E-state index contributed by atoms with van der Waals surface area (Å²) in [4.78, 5) is 27.7. The lowest BCUT2D eigenvalue weighted by Crippen LogP contribution is -2.61. The second-order valence-electron chi connectivity index (χ2n) is 6.38. The highest BCUT2D eigenvalue weighted by atomic mass is 16.5.